The van der Waals surface area contributed by atoms with E-state index in [2.05, 4.69) is 20.6 Å². The predicted octanol–water partition coefficient (Wildman–Crippen LogP) is 2.14. The molecule has 0 bridgehead atoms. The summed E-state index contributed by atoms with van der Waals surface area (Å²) in [5.41, 5.74) is 1.22. The Morgan fingerprint density at radius 3 is 2.68 bits per heavy atom. The van der Waals surface area contributed by atoms with Crippen molar-refractivity contribution in [2.75, 3.05) is 13.7 Å². The Morgan fingerprint density at radius 1 is 1.18 bits per heavy atom. The van der Waals surface area contributed by atoms with Gasteiger partial charge in [-0.15, -0.1) is 10.2 Å². The first-order valence-electron chi connectivity index (χ1n) is 8.91. The Kier molecular flexibility index (Phi) is 6.59. The maximum Gasteiger partial charge on any atom is 0.319 e. The van der Waals surface area contributed by atoms with Crippen molar-refractivity contribution in [1.29, 1.82) is 0 Å². The zero-order valence-corrected chi connectivity index (χ0v) is 16.5. The molecule has 8 nitrogen and oxygen atoms in total. The Labute approximate surface area is 166 Å². The van der Waals surface area contributed by atoms with Crippen molar-refractivity contribution in [3.05, 3.63) is 53.9 Å². The van der Waals surface area contributed by atoms with Crippen LogP contribution in [0.15, 0.2) is 47.5 Å². The van der Waals surface area contributed by atoms with Gasteiger partial charge in [-0.3, -0.25) is 9.59 Å². The number of ether oxygens (including phenoxy) is 1. The smallest absolute Gasteiger partial charge is 0.319 e. The van der Waals surface area contributed by atoms with Crippen molar-refractivity contribution in [2.45, 2.75) is 30.0 Å². The number of nitrogens with one attached hydrogen (secondary N) is 1. The van der Waals surface area contributed by atoms with Gasteiger partial charge in [0.25, 0.3) is 5.91 Å². The van der Waals surface area contributed by atoms with Crippen molar-refractivity contribution in [3.8, 4) is 0 Å². The molecule has 0 saturated carbocycles. The van der Waals surface area contributed by atoms with Gasteiger partial charge in [0.15, 0.2) is 11.5 Å². The number of hydrogen-bond donors (Lipinski definition) is 1. The monoisotopic (exact) mass is 399 g/mol. The summed E-state index contributed by atoms with van der Waals surface area (Å²) in [6, 6.07) is 12.6. The maximum absolute atomic E-state index is 12.1. The summed E-state index contributed by atoms with van der Waals surface area (Å²) in [4.78, 5) is 23.9. The van der Waals surface area contributed by atoms with E-state index in [9.17, 15) is 9.59 Å². The summed E-state index contributed by atoms with van der Waals surface area (Å²) in [7, 11) is 1.38. The summed E-state index contributed by atoms with van der Waals surface area (Å²) in [6.45, 7) is 2.33. The minimum Gasteiger partial charge on any atom is -0.468 e. The summed E-state index contributed by atoms with van der Waals surface area (Å²) >= 11 is 1.34. The molecule has 0 aliphatic carbocycles. The Balaban J connectivity index is 1.67. The van der Waals surface area contributed by atoms with Crippen LogP contribution < -0.4 is 5.32 Å². The van der Waals surface area contributed by atoms with E-state index in [1.807, 2.05) is 25.1 Å². The van der Waals surface area contributed by atoms with Crippen LogP contribution in [-0.2, 0) is 16.0 Å². The number of thioether (sulfide) groups is 1. The first kappa shape index (κ1) is 19.8. The van der Waals surface area contributed by atoms with Gasteiger partial charge < -0.3 is 10.1 Å². The zero-order chi connectivity index (χ0) is 19.9. The number of hydrogen-bond acceptors (Lipinski definition) is 7. The molecule has 2 aromatic heterocycles. The van der Waals surface area contributed by atoms with Crippen molar-refractivity contribution in [1.82, 2.24) is 25.1 Å². The third-order valence-electron chi connectivity index (χ3n) is 4.07. The lowest BCUT2D eigenvalue weighted by Gasteiger charge is -2.11. The van der Waals surface area contributed by atoms with Crippen LogP contribution in [-0.4, -0.2) is 50.6 Å². The molecular formula is C19H21N5O3S. The molecule has 0 unspecified atom stereocenters. The molecule has 146 valence electrons. The van der Waals surface area contributed by atoms with E-state index in [1.165, 1.54) is 18.9 Å². The first-order valence-corrected chi connectivity index (χ1v) is 9.79. The Bertz CT molecular complexity index is 961. The molecular weight excluding hydrogens is 378 g/mol. The van der Waals surface area contributed by atoms with Gasteiger partial charge in [-0.1, -0.05) is 36.9 Å². The average molecular weight is 399 g/mol. The first-order chi connectivity index (χ1) is 13.6. The number of fused-ring (bicyclic) bond motifs is 1. The van der Waals surface area contributed by atoms with Crippen LogP contribution in [0.2, 0.25) is 0 Å². The van der Waals surface area contributed by atoms with Crippen molar-refractivity contribution in [2.24, 2.45) is 0 Å². The van der Waals surface area contributed by atoms with Crippen molar-refractivity contribution >= 4 is 29.3 Å². The highest BCUT2D eigenvalue weighted by molar-refractivity contribution is 8.00. The number of carbonyl (C=O) groups is 2. The molecule has 1 atom stereocenters. The van der Waals surface area contributed by atoms with E-state index in [0.29, 0.717) is 41.4 Å². The van der Waals surface area contributed by atoms with Crippen LogP contribution in [0.4, 0.5) is 0 Å². The van der Waals surface area contributed by atoms with E-state index in [0.717, 1.165) is 0 Å². The summed E-state index contributed by atoms with van der Waals surface area (Å²) in [5.74, 6) is 0.224. The van der Waals surface area contributed by atoms with Gasteiger partial charge in [0.05, 0.1) is 7.11 Å². The fourth-order valence-electron chi connectivity index (χ4n) is 2.59. The molecule has 0 spiro atoms. The lowest BCUT2D eigenvalue weighted by Crippen LogP contribution is -2.26. The van der Waals surface area contributed by atoms with Crippen molar-refractivity contribution < 1.29 is 14.3 Å². The number of carbonyl (C=O) groups excluding carboxylic acids is 2. The summed E-state index contributed by atoms with van der Waals surface area (Å²) in [6.07, 6.45) is 1.12. The van der Waals surface area contributed by atoms with Crippen LogP contribution in [0.1, 0.15) is 29.5 Å². The summed E-state index contributed by atoms with van der Waals surface area (Å²) in [5, 5.41) is 16.0. The normalized spacial score (nSPS) is 11.9. The quantitative estimate of drug-likeness (QED) is 0.458. The number of nitrogens with zero attached hydrogens (tertiary/aromatic N) is 4. The van der Waals surface area contributed by atoms with Crippen LogP contribution >= 0.6 is 11.8 Å². The highest BCUT2D eigenvalue weighted by Gasteiger charge is 2.20. The van der Waals surface area contributed by atoms with Gasteiger partial charge >= 0.3 is 5.97 Å². The zero-order valence-electron chi connectivity index (χ0n) is 15.7. The van der Waals surface area contributed by atoms with Gasteiger partial charge in [0.2, 0.25) is 0 Å². The lowest BCUT2D eigenvalue weighted by atomic mass is 10.2. The maximum atomic E-state index is 12.1. The molecule has 9 heteroatoms. The third kappa shape index (κ3) is 4.66. The summed E-state index contributed by atoms with van der Waals surface area (Å²) < 4.78 is 6.46. The largest absolute Gasteiger partial charge is 0.468 e. The molecule has 1 N–H and O–H groups in total. The van der Waals surface area contributed by atoms with Gasteiger partial charge in [-0.05, 0) is 30.7 Å². The number of rotatable bonds is 8. The Hall–Kier alpha value is -2.94. The SMILES string of the molecule is CC[C@@H](Sc1ccc2nnc(CCNC(=O)c3ccccc3)n2n1)C(=O)OC. The second-order valence-electron chi connectivity index (χ2n) is 5.97. The molecule has 0 saturated heterocycles. The minimum atomic E-state index is -0.319. The van der Waals surface area contributed by atoms with E-state index in [1.54, 1.807) is 28.8 Å². The number of amides is 1. The lowest BCUT2D eigenvalue weighted by molar-refractivity contribution is -0.140. The number of methoxy groups -OCH3 is 1. The number of esters is 1. The van der Waals surface area contributed by atoms with E-state index in [4.69, 9.17) is 4.74 Å². The van der Waals surface area contributed by atoms with Crippen LogP contribution in [0.3, 0.4) is 0 Å². The molecule has 3 rings (SSSR count). The van der Waals surface area contributed by atoms with E-state index < -0.39 is 0 Å². The Morgan fingerprint density at radius 2 is 1.96 bits per heavy atom. The van der Waals surface area contributed by atoms with Crippen LogP contribution in [0, 0.1) is 0 Å². The molecule has 2 heterocycles. The van der Waals surface area contributed by atoms with Gasteiger partial charge in [-0.2, -0.15) is 9.61 Å². The van der Waals surface area contributed by atoms with Gasteiger partial charge in [-0.25, -0.2) is 0 Å². The van der Waals surface area contributed by atoms with Gasteiger partial charge in [0, 0.05) is 18.5 Å². The highest BCUT2D eigenvalue weighted by atomic mass is 32.2. The van der Waals surface area contributed by atoms with Crippen LogP contribution in [0.5, 0.6) is 0 Å². The van der Waals surface area contributed by atoms with Crippen molar-refractivity contribution in [3.63, 3.8) is 0 Å². The second kappa shape index (κ2) is 9.32. The predicted molar refractivity (Wildman–Crippen MR) is 105 cm³/mol. The molecule has 1 amide bonds. The molecule has 1 aromatic carbocycles. The number of benzene rings is 1. The minimum absolute atomic E-state index is 0.137. The average Bonchev–Trinajstić information content (AvgIpc) is 3.14. The molecule has 0 fully saturated rings. The molecule has 3 aromatic rings. The second-order valence-corrected chi connectivity index (χ2v) is 7.19. The third-order valence-corrected chi connectivity index (χ3v) is 5.34. The van der Waals surface area contributed by atoms with Crippen LogP contribution in [0.25, 0.3) is 5.65 Å². The van der Waals surface area contributed by atoms with Gasteiger partial charge in [0.1, 0.15) is 10.3 Å². The fraction of sp³-hybridized carbons (Fsp3) is 0.316. The topological polar surface area (TPSA) is 98.5 Å². The highest BCUT2D eigenvalue weighted by Crippen LogP contribution is 2.24. The molecule has 28 heavy (non-hydrogen) atoms. The van der Waals surface area contributed by atoms with E-state index in [-0.39, 0.29) is 17.1 Å². The molecule has 0 radical (unpaired) electrons. The molecule has 0 aliphatic rings. The molecule has 0 aliphatic heterocycles. The number of aromatic nitrogens is 4. The standard InChI is InChI=1S/C19H21N5O3S/c1-3-14(19(26)27-2)28-17-10-9-15-21-22-16(24(15)23-17)11-12-20-18(25)13-7-5-4-6-8-13/h4-10,14H,3,11-12H2,1-2H3,(H,20,25)/t14-/m1/s1. The van der Waals surface area contributed by atoms with E-state index >= 15 is 0 Å². The fourth-order valence-corrected chi connectivity index (χ4v) is 3.52.